The highest BCUT2D eigenvalue weighted by atomic mass is 79.9. The first-order valence-corrected chi connectivity index (χ1v) is 8.14. The molecule has 1 amide bonds. The van der Waals surface area contributed by atoms with Crippen molar-refractivity contribution in [2.24, 2.45) is 5.92 Å². The summed E-state index contributed by atoms with van der Waals surface area (Å²) in [6.07, 6.45) is 5.92. The van der Waals surface area contributed by atoms with Crippen molar-refractivity contribution in [2.75, 3.05) is 6.61 Å². The Morgan fingerprint density at radius 3 is 2.50 bits per heavy atom. The second-order valence-electron chi connectivity index (χ2n) is 5.44. The average molecular weight is 340 g/mol. The van der Waals surface area contributed by atoms with Gasteiger partial charge in [-0.3, -0.25) is 4.79 Å². The van der Waals surface area contributed by atoms with E-state index in [0.29, 0.717) is 6.04 Å². The number of benzene rings is 1. The maximum Gasteiger partial charge on any atom is 0.258 e. The summed E-state index contributed by atoms with van der Waals surface area (Å²) < 4.78 is 6.48. The zero-order chi connectivity index (χ0) is 14.4. The summed E-state index contributed by atoms with van der Waals surface area (Å²) in [6, 6.07) is 7.84. The number of carbonyl (C=O) groups excluding carboxylic acids is 1. The Balaban J connectivity index is 1.69. The number of carbonyl (C=O) groups is 1. The number of amides is 1. The van der Waals surface area contributed by atoms with Crippen LogP contribution in [-0.4, -0.2) is 18.6 Å². The number of ether oxygens (including phenoxy) is 1. The largest absolute Gasteiger partial charge is 0.484 e. The fourth-order valence-corrected chi connectivity index (χ4v) is 2.93. The molecule has 1 N–H and O–H groups in total. The Bertz CT molecular complexity index is 425. The highest BCUT2D eigenvalue weighted by Gasteiger charge is 2.21. The molecule has 0 unspecified atom stereocenters. The Labute approximate surface area is 129 Å². The number of hydrogen-bond donors (Lipinski definition) is 1. The van der Waals surface area contributed by atoms with Crippen LogP contribution in [0.25, 0.3) is 0 Å². The highest BCUT2D eigenvalue weighted by molar-refractivity contribution is 9.10. The third-order valence-electron chi connectivity index (χ3n) is 3.97. The highest BCUT2D eigenvalue weighted by Crippen LogP contribution is 2.26. The third kappa shape index (κ3) is 4.82. The Morgan fingerprint density at radius 2 is 1.90 bits per heavy atom. The van der Waals surface area contributed by atoms with Crippen LogP contribution in [-0.2, 0) is 4.79 Å². The first-order valence-electron chi connectivity index (χ1n) is 7.35. The molecule has 3 nitrogen and oxygen atoms in total. The molecule has 4 heteroatoms. The summed E-state index contributed by atoms with van der Waals surface area (Å²) in [6.45, 7) is 2.34. The number of hydrogen-bond acceptors (Lipinski definition) is 2. The fourth-order valence-electron chi connectivity index (χ4n) is 2.66. The van der Waals surface area contributed by atoms with E-state index in [0.717, 1.165) is 29.0 Å². The minimum Gasteiger partial charge on any atom is -0.484 e. The molecule has 0 saturated heterocycles. The van der Waals surface area contributed by atoms with Crippen LogP contribution < -0.4 is 10.1 Å². The van der Waals surface area contributed by atoms with Crippen LogP contribution in [0.3, 0.4) is 0 Å². The van der Waals surface area contributed by atoms with Crippen molar-refractivity contribution in [2.45, 2.75) is 45.1 Å². The quantitative estimate of drug-likeness (QED) is 0.882. The minimum absolute atomic E-state index is 0.0205. The molecule has 1 aromatic rings. The van der Waals surface area contributed by atoms with E-state index in [1.165, 1.54) is 19.3 Å². The third-order valence-corrected chi connectivity index (χ3v) is 4.50. The van der Waals surface area contributed by atoms with Crippen molar-refractivity contribution < 1.29 is 9.53 Å². The Morgan fingerprint density at radius 1 is 1.25 bits per heavy atom. The van der Waals surface area contributed by atoms with Crippen molar-refractivity contribution >= 4 is 21.8 Å². The zero-order valence-electron chi connectivity index (χ0n) is 11.9. The summed E-state index contributed by atoms with van der Waals surface area (Å²) in [4.78, 5) is 11.9. The summed E-state index contributed by atoms with van der Waals surface area (Å²) in [5.41, 5.74) is 0. The van der Waals surface area contributed by atoms with E-state index in [1.807, 2.05) is 24.3 Å². The lowest BCUT2D eigenvalue weighted by molar-refractivity contribution is -0.124. The van der Waals surface area contributed by atoms with Crippen molar-refractivity contribution in [3.05, 3.63) is 28.7 Å². The topological polar surface area (TPSA) is 38.3 Å². The molecule has 1 fully saturated rings. The molecular weight excluding hydrogens is 318 g/mol. The first kappa shape index (κ1) is 15.4. The summed E-state index contributed by atoms with van der Waals surface area (Å²) in [5.74, 6) is 1.55. The second kappa shape index (κ2) is 7.67. The maximum atomic E-state index is 11.9. The molecule has 1 aromatic carbocycles. The molecule has 0 heterocycles. The molecular formula is C16H22BrNO2. The van der Waals surface area contributed by atoms with E-state index in [2.05, 4.69) is 28.2 Å². The van der Waals surface area contributed by atoms with E-state index in [4.69, 9.17) is 4.74 Å². The van der Waals surface area contributed by atoms with Gasteiger partial charge in [0.15, 0.2) is 6.61 Å². The molecule has 0 aromatic heterocycles. The second-order valence-corrected chi connectivity index (χ2v) is 6.35. The van der Waals surface area contributed by atoms with Crippen LogP contribution >= 0.6 is 15.9 Å². The van der Waals surface area contributed by atoms with Gasteiger partial charge < -0.3 is 10.1 Å². The van der Waals surface area contributed by atoms with Gasteiger partial charge in [0.1, 0.15) is 5.75 Å². The van der Waals surface area contributed by atoms with E-state index in [1.54, 1.807) is 0 Å². The van der Waals surface area contributed by atoms with Crippen LogP contribution in [0.15, 0.2) is 28.7 Å². The van der Waals surface area contributed by atoms with E-state index in [9.17, 15) is 4.79 Å². The molecule has 0 bridgehead atoms. The van der Waals surface area contributed by atoms with Gasteiger partial charge in [-0.25, -0.2) is 0 Å². The SMILES string of the molecule is CCC1CCC(NC(=O)COc2ccc(Br)cc2)CC1. The molecule has 0 aliphatic heterocycles. The summed E-state index contributed by atoms with van der Waals surface area (Å²) in [7, 11) is 0. The van der Waals surface area contributed by atoms with Gasteiger partial charge in [-0.2, -0.15) is 0 Å². The number of halogens is 1. The fraction of sp³-hybridized carbons (Fsp3) is 0.562. The molecule has 0 radical (unpaired) electrons. The molecule has 0 atom stereocenters. The maximum absolute atomic E-state index is 11.9. The van der Waals surface area contributed by atoms with Gasteiger partial charge in [0.25, 0.3) is 5.91 Å². The summed E-state index contributed by atoms with van der Waals surface area (Å²) in [5, 5.41) is 3.07. The van der Waals surface area contributed by atoms with Gasteiger partial charge >= 0.3 is 0 Å². The normalized spacial score (nSPS) is 22.3. The van der Waals surface area contributed by atoms with Gasteiger partial charge in [0, 0.05) is 10.5 Å². The summed E-state index contributed by atoms with van der Waals surface area (Å²) >= 11 is 3.37. The van der Waals surface area contributed by atoms with Gasteiger partial charge in [-0.1, -0.05) is 29.3 Å². The number of nitrogens with one attached hydrogen (secondary N) is 1. The van der Waals surface area contributed by atoms with Gasteiger partial charge in [0.2, 0.25) is 0 Å². The predicted molar refractivity (Wildman–Crippen MR) is 83.8 cm³/mol. The van der Waals surface area contributed by atoms with Crippen LogP contribution in [0.1, 0.15) is 39.0 Å². The lowest BCUT2D eigenvalue weighted by atomic mass is 9.84. The van der Waals surface area contributed by atoms with E-state index in [-0.39, 0.29) is 12.5 Å². The molecule has 110 valence electrons. The van der Waals surface area contributed by atoms with Gasteiger partial charge in [-0.05, 0) is 55.9 Å². The van der Waals surface area contributed by atoms with Crippen LogP contribution in [0.4, 0.5) is 0 Å². The molecule has 1 saturated carbocycles. The van der Waals surface area contributed by atoms with Crippen LogP contribution in [0.5, 0.6) is 5.75 Å². The Kier molecular flexibility index (Phi) is 5.89. The van der Waals surface area contributed by atoms with Crippen molar-refractivity contribution in [3.63, 3.8) is 0 Å². The monoisotopic (exact) mass is 339 g/mol. The van der Waals surface area contributed by atoms with Gasteiger partial charge in [-0.15, -0.1) is 0 Å². The zero-order valence-corrected chi connectivity index (χ0v) is 13.5. The molecule has 1 aliphatic carbocycles. The Hall–Kier alpha value is -1.03. The predicted octanol–water partition coefficient (Wildman–Crippen LogP) is 3.91. The molecule has 0 spiro atoms. The first-order chi connectivity index (χ1) is 9.67. The number of rotatable bonds is 5. The van der Waals surface area contributed by atoms with Gasteiger partial charge in [0.05, 0.1) is 0 Å². The lowest BCUT2D eigenvalue weighted by Crippen LogP contribution is -2.40. The molecule has 1 aliphatic rings. The van der Waals surface area contributed by atoms with Crippen molar-refractivity contribution in [1.29, 1.82) is 0 Å². The van der Waals surface area contributed by atoms with Crippen molar-refractivity contribution in [1.82, 2.24) is 5.32 Å². The lowest BCUT2D eigenvalue weighted by Gasteiger charge is -2.28. The van der Waals surface area contributed by atoms with E-state index < -0.39 is 0 Å². The minimum atomic E-state index is -0.0205. The molecule has 20 heavy (non-hydrogen) atoms. The average Bonchev–Trinajstić information content (AvgIpc) is 2.47. The standard InChI is InChI=1S/C16H22BrNO2/c1-2-12-3-7-14(8-4-12)18-16(19)11-20-15-9-5-13(17)6-10-15/h5-6,9-10,12,14H,2-4,7-8,11H2,1H3,(H,18,19). The molecule has 2 rings (SSSR count). The van der Waals surface area contributed by atoms with Crippen LogP contribution in [0.2, 0.25) is 0 Å². The van der Waals surface area contributed by atoms with Crippen LogP contribution in [0, 0.1) is 5.92 Å². The van der Waals surface area contributed by atoms with Crippen molar-refractivity contribution in [3.8, 4) is 5.75 Å². The smallest absolute Gasteiger partial charge is 0.258 e. The van der Waals surface area contributed by atoms with E-state index >= 15 is 0 Å².